The maximum atomic E-state index is 12.6. The van der Waals surface area contributed by atoms with E-state index >= 15 is 0 Å². The third-order valence-corrected chi connectivity index (χ3v) is 4.05. The van der Waals surface area contributed by atoms with Crippen molar-refractivity contribution in [3.8, 4) is 0 Å². The Morgan fingerprint density at radius 1 is 1.32 bits per heavy atom. The highest BCUT2D eigenvalue weighted by Gasteiger charge is 2.35. The van der Waals surface area contributed by atoms with Crippen LogP contribution >= 0.6 is 0 Å². The lowest BCUT2D eigenvalue weighted by molar-refractivity contribution is -0.139. The quantitative estimate of drug-likeness (QED) is 0.811. The van der Waals surface area contributed by atoms with Crippen molar-refractivity contribution in [1.82, 2.24) is 14.9 Å². The van der Waals surface area contributed by atoms with Crippen LogP contribution in [0.25, 0.3) is 0 Å². The number of aromatic nitrogens is 2. The summed E-state index contributed by atoms with van der Waals surface area (Å²) in [6, 6.07) is 2.05. The fourth-order valence-corrected chi connectivity index (χ4v) is 3.02. The number of carbonyl (C=O) groups excluding carboxylic acids is 1. The normalized spacial score (nSPS) is 24.6. The standard InChI is InChI=1S/C14H19N3O2/c18-14(11-4-8-19-9-5-11)17-7-1-2-13(17)12-3-6-15-10-16-12/h3,6,10-11,13H,1-2,4-5,7-9H2/t13-/m0/s1. The zero-order valence-electron chi connectivity index (χ0n) is 11.0. The molecule has 2 fully saturated rings. The van der Waals surface area contributed by atoms with Crippen LogP contribution in [0.4, 0.5) is 0 Å². The van der Waals surface area contributed by atoms with Gasteiger partial charge in [-0.15, -0.1) is 0 Å². The molecule has 1 aromatic rings. The summed E-state index contributed by atoms with van der Waals surface area (Å²) in [5.41, 5.74) is 0.966. The minimum Gasteiger partial charge on any atom is -0.381 e. The van der Waals surface area contributed by atoms with E-state index in [0.29, 0.717) is 13.2 Å². The molecule has 19 heavy (non-hydrogen) atoms. The van der Waals surface area contributed by atoms with Crippen molar-refractivity contribution in [2.24, 2.45) is 5.92 Å². The summed E-state index contributed by atoms with van der Waals surface area (Å²) in [7, 11) is 0. The molecular weight excluding hydrogens is 242 g/mol. The van der Waals surface area contributed by atoms with Gasteiger partial charge in [0.05, 0.1) is 11.7 Å². The first-order chi connectivity index (χ1) is 9.36. The average Bonchev–Trinajstić information content (AvgIpc) is 2.98. The fraction of sp³-hybridized carbons (Fsp3) is 0.643. The van der Waals surface area contributed by atoms with Crippen molar-refractivity contribution in [3.05, 3.63) is 24.3 Å². The van der Waals surface area contributed by atoms with Crippen LogP contribution in [0.1, 0.15) is 37.4 Å². The van der Waals surface area contributed by atoms with E-state index in [-0.39, 0.29) is 17.9 Å². The Bertz CT molecular complexity index is 432. The summed E-state index contributed by atoms with van der Waals surface area (Å²) in [5, 5.41) is 0. The highest BCUT2D eigenvalue weighted by molar-refractivity contribution is 5.79. The average molecular weight is 261 g/mol. The van der Waals surface area contributed by atoms with Crippen molar-refractivity contribution in [1.29, 1.82) is 0 Å². The SMILES string of the molecule is O=C(C1CCOCC1)N1CCC[C@H]1c1ccncn1. The van der Waals surface area contributed by atoms with E-state index in [1.165, 1.54) is 0 Å². The largest absolute Gasteiger partial charge is 0.381 e. The van der Waals surface area contributed by atoms with Gasteiger partial charge in [0, 0.05) is 31.9 Å². The van der Waals surface area contributed by atoms with Gasteiger partial charge in [-0.1, -0.05) is 0 Å². The molecule has 2 aliphatic rings. The van der Waals surface area contributed by atoms with Crippen LogP contribution in [0.5, 0.6) is 0 Å². The summed E-state index contributed by atoms with van der Waals surface area (Å²) in [5.74, 6) is 0.417. The number of hydrogen-bond acceptors (Lipinski definition) is 4. The van der Waals surface area contributed by atoms with Crippen LogP contribution in [0.15, 0.2) is 18.6 Å². The van der Waals surface area contributed by atoms with Gasteiger partial charge >= 0.3 is 0 Å². The molecule has 0 aliphatic carbocycles. The van der Waals surface area contributed by atoms with Gasteiger partial charge in [0.15, 0.2) is 0 Å². The molecule has 1 aromatic heterocycles. The van der Waals surface area contributed by atoms with Gasteiger partial charge in [0.2, 0.25) is 5.91 Å². The summed E-state index contributed by atoms with van der Waals surface area (Å²) in [6.45, 7) is 2.27. The molecule has 5 heteroatoms. The number of ether oxygens (including phenoxy) is 1. The molecule has 0 spiro atoms. The fourth-order valence-electron chi connectivity index (χ4n) is 3.02. The maximum absolute atomic E-state index is 12.6. The Hall–Kier alpha value is -1.49. The minimum atomic E-state index is 0.135. The highest BCUT2D eigenvalue weighted by Crippen LogP contribution is 2.33. The lowest BCUT2D eigenvalue weighted by Gasteiger charge is -2.30. The first-order valence-electron chi connectivity index (χ1n) is 7.00. The van der Waals surface area contributed by atoms with E-state index in [2.05, 4.69) is 9.97 Å². The van der Waals surface area contributed by atoms with Crippen LogP contribution in [0.3, 0.4) is 0 Å². The smallest absolute Gasteiger partial charge is 0.226 e. The Kier molecular flexibility index (Phi) is 3.73. The second-order valence-corrected chi connectivity index (χ2v) is 5.21. The molecule has 5 nitrogen and oxygen atoms in total. The first-order valence-corrected chi connectivity index (χ1v) is 7.00. The van der Waals surface area contributed by atoms with E-state index < -0.39 is 0 Å². The van der Waals surface area contributed by atoms with Gasteiger partial charge in [-0.25, -0.2) is 9.97 Å². The van der Waals surface area contributed by atoms with Crippen LogP contribution in [-0.2, 0) is 9.53 Å². The third-order valence-electron chi connectivity index (χ3n) is 4.05. The number of hydrogen-bond donors (Lipinski definition) is 0. The maximum Gasteiger partial charge on any atom is 0.226 e. The lowest BCUT2D eigenvalue weighted by atomic mass is 9.98. The second kappa shape index (κ2) is 5.65. The predicted octanol–water partition coefficient (Wildman–Crippen LogP) is 1.57. The molecule has 1 atom stereocenters. The molecule has 0 bridgehead atoms. The van der Waals surface area contributed by atoms with Gasteiger partial charge < -0.3 is 9.64 Å². The van der Waals surface area contributed by atoms with Crippen LogP contribution in [-0.4, -0.2) is 40.5 Å². The number of carbonyl (C=O) groups is 1. The van der Waals surface area contributed by atoms with E-state index in [1.54, 1.807) is 12.5 Å². The Balaban J connectivity index is 1.74. The van der Waals surface area contributed by atoms with Crippen LogP contribution in [0, 0.1) is 5.92 Å². The van der Waals surface area contributed by atoms with E-state index in [1.807, 2.05) is 11.0 Å². The van der Waals surface area contributed by atoms with Gasteiger partial charge in [0.1, 0.15) is 6.33 Å². The molecule has 0 radical (unpaired) electrons. The Labute approximate surface area is 113 Å². The first kappa shape index (κ1) is 12.5. The lowest BCUT2D eigenvalue weighted by Crippen LogP contribution is -2.38. The molecule has 2 saturated heterocycles. The molecular formula is C14H19N3O2. The van der Waals surface area contributed by atoms with Gasteiger partial charge in [-0.2, -0.15) is 0 Å². The molecule has 2 aliphatic heterocycles. The van der Waals surface area contributed by atoms with Crippen molar-refractivity contribution < 1.29 is 9.53 Å². The number of rotatable bonds is 2. The minimum absolute atomic E-state index is 0.135. The van der Waals surface area contributed by atoms with Crippen LogP contribution in [0.2, 0.25) is 0 Å². The number of nitrogens with zero attached hydrogens (tertiary/aromatic N) is 3. The summed E-state index contributed by atoms with van der Waals surface area (Å²) in [6.07, 6.45) is 7.08. The van der Waals surface area contributed by atoms with Crippen LogP contribution < -0.4 is 0 Å². The molecule has 0 aromatic carbocycles. The van der Waals surface area contributed by atoms with Gasteiger partial charge in [-0.3, -0.25) is 4.79 Å². The van der Waals surface area contributed by atoms with Crippen molar-refractivity contribution >= 4 is 5.91 Å². The van der Waals surface area contributed by atoms with Crippen molar-refractivity contribution in [2.45, 2.75) is 31.7 Å². The second-order valence-electron chi connectivity index (χ2n) is 5.21. The van der Waals surface area contributed by atoms with E-state index in [0.717, 1.165) is 37.9 Å². The zero-order valence-corrected chi connectivity index (χ0v) is 11.0. The Morgan fingerprint density at radius 3 is 2.89 bits per heavy atom. The topological polar surface area (TPSA) is 55.3 Å². The summed E-state index contributed by atoms with van der Waals surface area (Å²) in [4.78, 5) is 22.9. The van der Waals surface area contributed by atoms with Gasteiger partial charge in [0.25, 0.3) is 0 Å². The predicted molar refractivity (Wildman–Crippen MR) is 69.3 cm³/mol. The van der Waals surface area contributed by atoms with E-state index in [9.17, 15) is 4.79 Å². The Morgan fingerprint density at radius 2 is 2.16 bits per heavy atom. The molecule has 0 saturated carbocycles. The molecule has 102 valence electrons. The zero-order chi connectivity index (χ0) is 13.1. The van der Waals surface area contributed by atoms with Gasteiger partial charge in [-0.05, 0) is 31.7 Å². The number of likely N-dealkylation sites (tertiary alicyclic amines) is 1. The van der Waals surface area contributed by atoms with E-state index in [4.69, 9.17) is 4.74 Å². The monoisotopic (exact) mass is 261 g/mol. The third kappa shape index (κ3) is 2.61. The summed E-state index contributed by atoms with van der Waals surface area (Å²) < 4.78 is 5.33. The molecule has 1 amide bonds. The number of amides is 1. The molecule has 0 N–H and O–H groups in total. The van der Waals surface area contributed by atoms with Crippen molar-refractivity contribution in [3.63, 3.8) is 0 Å². The van der Waals surface area contributed by atoms with Crippen molar-refractivity contribution in [2.75, 3.05) is 19.8 Å². The molecule has 3 rings (SSSR count). The molecule has 3 heterocycles. The summed E-state index contributed by atoms with van der Waals surface area (Å²) >= 11 is 0. The highest BCUT2D eigenvalue weighted by atomic mass is 16.5. The molecule has 0 unspecified atom stereocenters.